The molecule has 110 valence electrons. The SMILES string of the molecule is CCCNCC(C)C(C)Cc1c(Br)c(CC)nn1C. The van der Waals surface area contributed by atoms with Crippen LogP contribution in [0.25, 0.3) is 0 Å². The summed E-state index contributed by atoms with van der Waals surface area (Å²) in [6.45, 7) is 11.2. The molecular formula is C15H28BrN3. The number of aryl methyl sites for hydroxylation is 2. The molecule has 0 radical (unpaired) electrons. The van der Waals surface area contributed by atoms with Crippen molar-refractivity contribution in [3.05, 3.63) is 15.9 Å². The summed E-state index contributed by atoms with van der Waals surface area (Å²) in [7, 11) is 2.05. The second kappa shape index (κ2) is 8.05. The van der Waals surface area contributed by atoms with Crippen LogP contribution in [0.1, 0.15) is 45.5 Å². The Morgan fingerprint density at radius 3 is 2.47 bits per heavy atom. The van der Waals surface area contributed by atoms with Gasteiger partial charge in [0.1, 0.15) is 0 Å². The van der Waals surface area contributed by atoms with Gasteiger partial charge in [0.05, 0.1) is 15.9 Å². The van der Waals surface area contributed by atoms with Crippen LogP contribution in [-0.4, -0.2) is 22.9 Å². The number of nitrogens with one attached hydrogen (secondary N) is 1. The molecule has 3 nitrogen and oxygen atoms in total. The third-order valence-electron chi connectivity index (χ3n) is 3.88. The zero-order valence-electron chi connectivity index (χ0n) is 13.0. The van der Waals surface area contributed by atoms with Crippen LogP contribution in [0.4, 0.5) is 0 Å². The van der Waals surface area contributed by atoms with Crippen LogP contribution in [0, 0.1) is 11.8 Å². The topological polar surface area (TPSA) is 29.9 Å². The van der Waals surface area contributed by atoms with Crippen LogP contribution in [-0.2, 0) is 19.9 Å². The lowest BCUT2D eigenvalue weighted by atomic mass is 9.91. The van der Waals surface area contributed by atoms with Crippen molar-refractivity contribution in [3.63, 3.8) is 0 Å². The number of hydrogen-bond acceptors (Lipinski definition) is 2. The maximum absolute atomic E-state index is 4.57. The second-order valence-electron chi connectivity index (χ2n) is 5.55. The molecule has 1 heterocycles. The van der Waals surface area contributed by atoms with Crippen LogP contribution in [0.15, 0.2) is 4.47 Å². The van der Waals surface area contributed by atoms with E-state index in [9.17, 15) is 0 Å². The first-order valence-electron chi connectivity index (χ1n) is 7.42. The lowest BCUT2D eigenvalue weighted by Gasteiger charge is -2.20. The maximum atomic E-state index is 4.57. The molecule has 0 saturated carbocycles. The third kappa shape index (κ3) is 4.60. The van der Waals surface area contributed by atoms with E-state index in [0.717, 1.165) is 25.9 Å². The van der Waals surface area contributed by atoms with E-state index in [-0.39, 0.29) is 0 Å². The van der Waals surface area contributed by atoms with Gasteiger partial charge in [0.15, 0.2) is 0 Å². The summed E-state index contributed by atoms with van der Waals surface area (Å²) in [6.07, 6.45) is 3.27. The third-order valence-corrected chi connectivity index (χ3v) is 4.80. The lowest BCUT2D eigenvalue weighted by Crippen LogP contribution is -2.27. The average Bonchev–Trinajstić information content (AvgIpc) is 2.66. The number of rotatable bonds is 8. The van der Waals surface area contributed by atoms with Crippen LogP contribution in [0.2, 0.25) is 0 Å². The Labute approximate surface area is 126 Å². The first-order chi connectivity index (χ1) is 9.01. The fourth-order valence-corrected chi connectivity index (χ4v) is 3.03. The Morgan fingerprint density at radius 1 is 1.26 bits per heavy atom. The minimum atomic E-state index is 0.653. The van der Waals surface area contributed by atoms with Crippen molar-refractivity contribution in [1.82, 2.24) is 15.1 Å². The summed E-state index contributed by atoms with van der Waals surface area (Å²) in [6, 6.07) is 0. The van der Waals surface area contributed by atoms with E-state index >= 15 is 0 Å². The number of nitrogens with zero attached hydrogens (tertiary/aromatic N) is 2. The smallest absolute Gasteiger partial charge is 0.0766 e. The molecule has 1 aromatic rings. The molecule has 1 aromatic heterocycles. The quantitative estimate of drug-likeness (QED) is 0.739. The van der Waals surface area contributed by atoms with Crippen molar-refractivity contribution in [2.24, 2.45) is 18.9 Å². The van der Waals surface area contributed by atoms with E-state index in [4.69, 9.17) is 0 Å². The Bertz CT molecular complexity index is 387. The highest BCUT2D eigenvalue weighted by Crippen LogP contribution is 2.26. The Hall–Kier alpha value is -0.350. The van der Waals surface area contributed by atoms with Crippen molar-refractivity contribution in [2.45, 2.75) is 47.0 Å². The predicted molar refractivity (Wildman–Crippen MR) is 85.5 cm³/mol. The molecule has 0 aliphatic heterocycles. The average molecular weight is 330 g/mol. The summed E-state index contributed by atoms with van der Waals surface area (Å²) >= 11 is 3.70. The van der Waals surface area contributed by atoms with Gasteiger partial charge in [0, 0.05) is 7.05 Å². The minimum absolute atomic E-state index is 0.653. The first-order valence-corrected chi connectivity index (χ1v) is 8.21. The Morgan fingerprint density at radius 2 is 1.95 bits per heavy atom. The van der Waals surface area contributed by atoms with Gasteiger partial charge in [-0.2, -0.15) is 5.10 Å². The van der Waals surface area contributed by atoms with Crippen molar-refractivity contribution >= 4 is 15.9 Å². The molecular weight excluding hydrogens is 302 g/mol. The zero-order chi connectivity index (χ0) is 14.4. The highest BCUT2D eigenvalue weighted by atomic mass is 79.9. The van der Waals surface area contributed by atoms with Crippen LogP contribution < -0.4 is 5.32 Å². The highest BCUT2D eigenvalue weighted by molar-refractivity contribution is 9.10. The van der Waals surface area contributed by atoms with E-state index in [1.165, 1.54) is 22.3 Å². The molecule has 0 spiro atoms. The molecule has 2 unspecified atom stereocenters. The molecule has 1 N–H and O–H groups in total. The molecule has 4 heteroatoms. The van der Waals surface area contributed by atoms with Gasteiger partial charge in [-0.1, -0.05) is 27.7 Å². The highest BCUT2D eigenvalue weighted by Gasteiger charge is 2.18. The summed E-state index contributed by atoms with van der Waals surface area (Å²) in [4.78, 5) is 0. The van der Waals surface area contributed by atoms with E-state index in [1.54, 1.807) is 0 Å². The Kier molecular flexibility index (Phi) is 7.08. The molecule has 0 fully saturated rings. The predicted octanol–water partition coefficient (Wildman–Crippen LogP) is 3.56. The van der Waals surface area contributed by atoms with Crippen molar-refractivity contribution in [3.8, 4) is 0 Å². The largest absolute Gasteiger partial charge is 0.316 e. The molecule has 2 atom stereocenters. The molecule has 0 saturated heterocycles. The van der Waals surface area contributed by atoms with E-state index in [1.807, 2.05) is 11.7 Å². The van der Waals surface area contributed by atoms with Gasteiger partial charge in [-0.15, -0.1) is 0 Å². The van der Waals surface area contributed by atoms with Crippen molar-refractivity contribution in [2.75, 3.05) is 13.1 Å². The minimum Gasteiger partial charge on any atom is -0.316 e. The molecule has 1 rings (SSSR count). The molecule has 0 amide bonds. The number of hydrogen-bond donors (Lipinski definition) is 1. The number of halogens is 1. The maximum Gasteiger partial charge on any atom is 0.0766 e. The van der Waals surface area contributed by atoms with E-state index in [2.05, 4.69) is 54.0 Å². The van der Waals surface area contributed by atoms with Gasteiger partial charge in [-0.3, -0.25) is 4.68 Å². The summed E-state index contributed by atoms with van der Waals surface area (Å²) < 4.78 is 3.24. The van der Waals surface area contributed by atoms with E-state index in [0.29, 0.717) is 11.8 Å². The summed E-state index contributed by atoms with van der Waals surface area (Å²) in [5.74, 6) is 1.33. The van der Waals surface area contributed by atoms with Crippen molar-refractivity contribution in [1.29, 1.82) is 0 Å². The van der Waals surface area contributed by atoms with Gasteiger partial charge in [-0.25, -0.2) is 0 Å². The summed E-state index contributed by atoms with van der Waals surface area (Å²) in [5.41, 5.74) is 2.49. The zero-order valence-corrected chi connectivity index (χ0v) is 14.5. The van der Waals surface area contributed by atoms with E-state index < -0.39 is 0 Å². The molecule has 0 aliphatic carbocycles. The van der Waals surface area contributed by atoms with Crippen molar-refractivity contribution < 1.29 is 0 Å². The molecule has 0 aromatic carbocycles. The fraction of sp³-hybridized carbons (Fsp3) is 0.800. The van der Waals surface area contributed by atoms with Gasteiger partial charge < -0.3 is 5.32 Å². The Balaban J connectivity index is 2.61. The number of aromatic nitrogens is 2. The van der Waals surface area contributed by atoms with Gasteiger partial charge >= 0.3 is 0 Å². The standard InChI is InChI=1S/C15H28BrN3/c1-6-8-17-10-12(4)11(3)9-14-15(16)13(7-2)18-19(14)5/h11-12,17H,6-10H2,1-5H3. The lowest BCUT2D eigenvalue weighted by molar-refractivity contribution is 0.359. The summed E-state index contributed by atoms with van der Waals surface area (Å²) in [5, 5.41) is 8.08. The van der Waals surface area contributed by atoms with Crippen LogP contribution in [0.5, 0.6) is 0 Å². The van der Waals surface area contributed by atoms with Gasteiger partial charge in [0.25, 0.3) is 0 Å². The second-order valence-corrected chi connectivity index (χ2v) is 6.34. The molecule has 19 heavy (non-hydrogen) atoms. The van der Waals surface area contributed by atoms with Crippen LogP contribution >= 0.6 is 15.9 Å². The van der Waals surface area contributed by atoms with Gasteiger partial charge in [0.2, 0.25) is 0 Å². The van der Waals surface area contributed by atoms with Crippen LogP contribution in [0.3, 0.4) is 0 Å². The normalized spacial score (nSPS) is 14.6. The molecule has 0 aliphatic rings. The molecule has 0 bridgehead atoms. The van der Waals surface area contributed by atoms with Gasteiger partial charge in [-0.05, 0) is 60.1 Å². The first kappa shape index (κ1) is 16.7. The monoisotopic (exact) mass is 329 g/mol. The fourth-order valence-electron chi connectivity index (χ4n) is 2.26.